The molecule has 0 saturated carbocycles. The van der Waals surface area contributed by atoms with E-state index >= 15 is 0 Å². The Hall–Kier alpha value is -4.04. The molecule has 0 saturated heterocycles. The minimum absolute atomic E-state index is 0.103. The van der Waals surface area contributed by atoms with Crippen molar-refractivity contribution in [1.82, 2.24) is 20.3 Å². The number of carbonyl (C=O) groups is 3. The third kappa shape index (κ3) is 5.75. The van der Waals surface area contributed by atoms with Gasteiger partial charge in [0, 0.05) is 27.4 Å². The predicted molar refractivity (Wildman–Crippen MR) is 148 cm³/mol. The molecule has 38 heavy (non-hydrogen) atoms. The van der Waals surface area contributed by atoms with Crippen molar-refractivity contribution in [2.75, 3.05) is 4.90 Å². The van der Waals surface area contributed by atoms with Crippen molar-refractivity contribution in [2.45, 2.75) is 52.2 Å². The molecular formula is C29H30ClN5O3. The van der Waals surface area contributed by atoms with Crippen LogP contribution in [0, 0.1) is 0 Å². The van der Waals surface area contributed by atoms with Crippen molar-refractivity contribution >= 4 is 45.9 Å². The molecule has 1 N–H and O–H groups in total. The van der Waals surface area contributed by atoms with Gasteiger partial charge in [0.05, 0.1) is 5.52 Å². The van der Waals surface area contributed by atoms with Crippen LogP contribution in [0.1, 0.15) is 56.1 Å². The maximum Gasteiger partial charge on any atom is 0.249 e. The highest BCUT2D eigenvalue weighted by Crippen LogP contribution is 2.33. The summed E-state index contributed by atoms with van der Waals surface area (Å²) in [6.45, 7) is 7.12. The van der Waals surface area contributed by atoms with Crippen LogP contribution in [0.2, 0.25) is 5.02 Å². The first-order chi connectivity index (χ1) is 18.1. The van der Waals surface area contributed by atoms with E-state index in [1.165, 1.54) is 16.5 Å². The Morgan fingerprint density at radius 3 is 2.32 bits per heavy atom. The van der Waals surface area contributed by atoms with Gasteiger partial charge in [0.25, 0.3) is 0 Å². The molecule has 0 aliphatic heterocycles. The third-order valence-electron chi connectivity index (χ3n) is 6.58. The summed E-state index contributed by atoms with van der Waals surface area (Å²) >= 11 is 6.60. The van der Waals surface area contributed by atoms with Gasteiger partial charge in [-0.2, -0.15) is 0 Å². The van der Waals surface area contributed by atoms with E-state index in [1.807, 2.05) is 45.0 Å². The quantitative estimate of drug-likeness (QED) is 0.293. The number of benzene rings is 3. The van der Waals surface area contributed by atoms with Gasteiger partial charge in [0.15, 0.2) is 5.78 Å². The van der Waals surface area contributed by atoms with Crippen LogP contribution in [0.15, 0.2) is 72.8 Å². The number of rotatable bonds is 9. The summed E-state index contributed by atoms with van der Waals surface area (Å²) in [5, 5.41) is 11.7. The number of hydrogen-bond donors (Lipinski definition) is 1. The fraction of sp³-hybridized carbons (Fsp3) is 0.276. The lowest BCUT2D eigenvalue weighted by molar-refractivity contribution is -0.128. The van der Waals surface area contributed by atoms with E-state index < -0.39 is 17.5 Å². The number of aromatic nitrogens is 3. The maximum absolute atomic E-state index is 14.1. The van der Waals surface area contributed by atoms with Gasteiger partial charge < -0.3 is 5.32 Å². The van der Waals surface area contributed by atoms with Gasteiger partial charge in [-0.05, 0) is 69.7 Å². The van der Waals surface area contributed by atoms with Crippen LogP contribution in [0.5, 0.6) is 0 Å². The van der Waals surface area contributed by atoms with Crippen LogP contribution in [0.4, 0.5) is 5.69 Å². The second-order valence-corrected chi connectivity index (χ2v) is 10.2. The predicted octanol–water partition coefficient (Wildman–Crippen LogP) is 5.37. The molecule has 4 rings (SSSR count). The zero-order chi connectivity index (χ0) is 27.4. The minimum atomic E-state index is -1.08. The minimum Gasteiger partial charge on any atom is -0.349 e. The van der Waals surface area contributed by atoms with Crippen molar-refractivity contribution in [3.8, 4) is 0 Å². The van der Waals surface area contributed by atoms with E-state index in [1.54, 1.807) is 48.5 Å². The van der Waals surface area contributed by atoms with Gasteiger partial charge in [0.2, 0.25) is 11.8 Å². The van der Waals surface area contributed by atoms with Gasteiger partial charge >= 0.3 is 0 Å². The molecule has 2 amide bonds. The Bertz CT molecular complexity index is 1480. The van der Waals surface area contributed by atoms with Gasteiger partial charge in [-0.25, -0.2) is 4.68 Å². The number of amides is 2. The summed E-state index contributed by atoms with van der Waals surface area (Å²) in [4.78, 5) is 41.3. The lowest BCUT2D eigenvalue weighted by Gasteiger charge is -2.35. The number of nitrogens with one attached hydrogen (secondary N) is 1. The van der Waals surface area contributed by atoms with Crippen LogP contribution in [-0.4, -0.2) is 38.1 Å². The number of Topliss-reactive ketones (excluding diaryl/α,β-unsaturated/α-hetero) is 1. The average molecular weight is 532 g/mol. The number of fused-ring (bicyclic) bond motifs is 1. The highest BCUT2D eigenvalue weighted by molar-refractivity contribution is 6.31. The molecule has 0 fully saturated rings. The Balaban J connectivity index is 1.85. The van der Waals surface area contributed by atoms with Crippen molar-refractivity contribution in [2.24, 2.45) is 0 Å². The fourth-order valence-corrected chi connectivity index (χ4v) is 4.36. The number of nitrogens with zero attached hydrogens (tertiary/aromatic N) is 4. The monoisotopic (exact) mass is 531 g/mol. The van der Waals surface area contributed by atoms with Gasteiger partial charge in [-0.3, -0.25) is 19.3 Å². The second kappa shape index (κ2) is 11.1. The molecule has 3 aromatic carbocycles. The molecule has 0 aliphatic carbocycles. The van der Waals surface area contributed by atoms with Crippen molar-refractivity contribution in [3.63, 3.8) is 0 Å². The van der Waals surface area contributed by atoms with E-state index in [9.17, 15) is 14.4 Å². The summed E-state index contributed by atoms with van der Waals surface area (Å²) < 4.78 is 1.51. The van der Waals surface area contributed by atoms with Crippen LogP contribution in [0.25, 0.3) is 11.0 Å². The molecule has 0 spiro atoms. The second-order valence-electron chi connectivity index (χ2n) is 9.75. The first kappa shape index (κ1) is 27.0. The summed E-state index contributed by atoms with van der Waals surface area (Å²) in [5.74, 6) is -0.878. The van der Waals surface area contributed by atoms with Gasteiger partial charge in [-0.15, -0.1) is 5.10 Å². The van der Waals surface area contributed by atoms with Crippen LogP contribution in [0.3, 0.4) is 0 Å². The van der Waals surface area contributed by atoms with Gasteiger partial charge in [-0.1, -0.05) is 54.1 Å². The summed E-state index contributed by atoms with van der Waals surface area (Å²) in [5.41, 5.74) is 2.24. The molecule has 0 aliphatic rings. The number of para-hydroxylation sites is 1. The third-order valence-corrected chi connectivity index (χ3v) is 6.92. The van der Waals surface area contributed by atoms with E-state index in [0.717, 1.165) is 0 Å². The Morgan fingerprint density at radius 2 is 1.66 bits per heavy atom. The average Bonchev–Trinajstić information content (AvgIpc) is 3.30. The molecule has 196 valence electrons. The molecule has 9 heteroatoms. The first-order valence-corrected chi connectivity index (χ1v) is 12.8. The SMILES string of the molecule is CCC(C)(C)NC(=O)[C@@H](c1ccccc1Cl)N(C(=O)Cn1nnc2ccccc21)c1ccc(C(C)=O)cc1. The van der Waals surface area contributed by atoms with E-state index in [4.69, 9.17) is 11.6 Å². The van der Waals surface area contributed by atoms with E-state index in [2.05, 4.69) is 15.6 Å². The standard InChI is InChI=1S/C29H30ClN5O3/c1-5-29(3,4)31-28(38)27(22-10-6-7-11-23(22)30)35(21-16-14-20(15-17-21)19(2)36)26(37)18-34-25-13-9-8-12-24(25)32-33-34/h6-17,27H,5,18H2,1-4H3,(H,31,38)/t27-/m1/s1. The maximum atomic E-state index is 14.1. The highest BCUT2D eigenvalue weighted by atomic mass is 35.5. The summed E-state index contributed by atoms with van der Waals surface area (Å²) in [7, 11) is 0. The number of anilines is 1. The highest BCUT2D eigenvalue weighted by Gasteiger charge is 2.36. The molecular weight excluding hydrogens is 502 g/mol. The van der Waals surface area contributed by atoms with Gasteiger partial charge in [0.1, 0.15) is 18.1 Å². The number of hydrogen-bond acceptors (Lipinski definition) is 5. The Labute approximate surface area is 226 Å². The molecule has 0 radical (unpaired) electrons. The lowest BCUT2D eigenvalue weighted by Crippen LogP contribution is -2.51. The first-order valence-electron chi connectivity index (χ1n) is 12.4. The normalized spacial score (nSPS) is 12.2. The van der Waals surface area contributed by atoms with Crippen LogP contribution >= 0.6 is 11.6 Å². The summed E-state index contributed by atoms with van der Waals surface area (Å²) in [6, 6.07) is 19.8. The molecule has 1 heterocycles. The smallest absolute Gasteiger partial charge is 0.249 e. The van der Waals surface area contributed by atoms with Crippen LogP contribution in [-0.2, 0) is 16.1 Å². The number of halogens is 1. The molecule has 1 aromatic heterocycles. The molecule has 1 atom stereocenters. The lowest BCUT2D eigenvalue weighted by atomic mass is 9.98. The van der Waals surface area contributed by atoms with Crippen molar-refractivity contribution in [3.05, 3.63) is 88.9 Å². The Kier molecular flexibility index (Phi) is 7.92. The molecule has 0 unspecified atom stereocenters. The van der Waals surface area contributed by atoms with E-state index in [-0.39, 0.29) is 18.2 Å². The fourth-order valence-electron chi connectivity index (χ4n) is 4.12. The van der Waals surface area contributed by atoms with Crippen molar-refractivity contribution in [1.29, 1.82) is 0 Å². The largest absolute Gasteiger partial charge is 0.349 e. The number of ketones is 1. The topological polar surface area (TPSA) is 97.2 Å². The number of carbonyl (C=O) groups excluding carboxylic acids is 3. The van der Waals surface area contributed by atoms with Crippen molar-refractivity contribution < 1.29 is 14.4 Å². The Morgan fingerprint density at radius 1 is 1.00 bits per heavy atom. The summed E-state index contributed by atoms with van der Waals surface area (Å²) in [6.07, 6.45) is 0.681. The molecule has 0 bridgehead atoms. The van der Waals surface area contributed by atoms with Crippen LogP contribution < -0.4 is 10.2 Å². The molecule has 8 nitrogen and oxygen atoms in total. The molecule has 4 aromatic rings. The van der Waals surface area contributed by atoms with E-state index in [0.29, 0.717) is 39.3 Å². The zero-order valence-electron chi connectivity index (χ0n) is 21.8. The zero-order valence-corrected chi connectivity index (χ0v) is 22.6.